The largest absolute Gasteiger partial charge is 0.294 e. The highest BCUT2D eigenvalue weighted by atomic mass is 35.5. The first-order chi connectivity index (χ1) is 8.39. The molecule has 0 unspecified atom stereocenters. The summed E-state index contributed by atoms with van der Waals surface area (Å²) in [6.45, 7) is 4.05. The van der Waals surface area contributed by atoms with Crippen LogP contribution in [0, 0.1) is 0 Å². The fourth-order valence-corrected chi connectivity index (χ4v) is 1.81. The predicted octanol–water partition coefficient (Wildman–Crippen LogP) is 0.367. The third-order valence-electron chi connectivity index (χ3n) is 2.97. The molecular formula is C11H13ClN4O2. The van der Waals surface area contributed by atoms with E-state index in [0.717, 1.165) is 0 Å². The van der Waals surface area contributed by atoms with E-state index in [9.17, 15) is 9.59 Å². The topological polar surface area (TPSA) is 75.2 Å². The maximum absolute atomic E-state index is 11.8. The number of carbonyl (C=O) groups is 2. The van der Waals surface area contributed by atoms with E-state index in [-0.39, 0.29) is 18.4 Å². The molecule has 1 N–H and O–H groups in total. The summed E-state index contributed by atoms with van der Waals surface area (Å²) in [5.41, 5.74) is -0.0927. The van der Waals surface area contributed by atoms with Crippen molar-refractivity contribution in [2.45, 2.75) is 25.9 Å². The van der Waals surface area contributed by atoms with Crippen LogP contribution in [0.3, 0.4) is 0 Å². The van der Waals surface area contributed by atoms with Crippen LogP contribution >= 0.6 is 11.6 Å². The number of aromatic nitrogens is 2. The van der Waals surface area contributed by atoms with Crippen LogP contribution in [-0.4, -0.2) is 39.0 Å². The summed E-state index contributed by atoms with van der Waals surface area (Å²) >= 11 is 5.65. The second-order valence-electron chi connectivity index (χ2n) is 4.64. The average Bonchev–Trinajstić information content (AvgIpc) is 2.29. The van der Waals surface area contributed by atoms with Crippen molar-refractivity contribution in [1.29, 1.82) is 0 Å². The van der Waals surface area contributed by atoms with Gasteiger partial charge in [-0.25, -0.2) is 0 Å². The number of imide groups is 1. The van der Waals surface area contributed by atoms with Crippen molar-refractivity contribution in [3.8, 4) is 0 Å². The normalized spacial score (nSPS) is 19.7. The lowest BCUT2D eigenvalue weighted by atomic mass is 9.98. The van der Waals surface area contributed by atoms with Crippen molar-refractivity contribution in [2.24, 2.45) is 0 Å². The van der Waals surface area contributed by atoms with Gasteiger partial charge in [0.25, 0.3) is 0 Å². The maximum atomic E-state index is 11.8. The number of hydrogen-bond donors (Lipinski definition) is 1. The minimum absolute atomic E-state index is 0.156. The van der Waals surface area contributed by atoms with E-state index < -0.39 is 5.54 Å². The lowest BCUT2D eigenvalue weighted by Crippen LogP contribution is -2.63. The molecule has 0 atom stereocenters. The first-order valence-electron chi connectivity index (χ1n) is 5.47. The van der Waals surface area contributed by atoms with E-state index in [4.69, 9.17) is 11.6 Å². The Labute approximate surface area is 109 Å². The predicted molar refractivity (Wildman–Crippen MR) is 64.7 cm³/mol. The zero-order chi connectivity index (χ0) is 13.3. The number of amides is 2. The maximum Gasteiger partial charge on any atom is 0.246 e. The molecule has 1 saturated heterocycles. The summed E-state index contributed by atoms with van der Waals surface area (Å²) in [4.78, 5) is 24.9. The molecule has 0 aliphatic carbocycles. The van der Waals surface area contributed by atoms with Gasteiger partial charge in [0.05, 0.1) is 17.8 Å². The fourth-order valence-electron chi connectivity index (χ4n) is 1.71. The molecule has 7 heteroatoms. The lowest BCUT2D eigenvalue weighted by Gasteiger charge is -2.39. The van der Waals surface area contributed by atoms with Crippen LogP contribution in [0.2, 0.25) is 5.15 Å². The van der Waals surface area contributed by atoms with E-state index in [0.29, 0.717) is 17.4 Å². The Morgan fingerprint density at radius 1 is 1.39 bits per heavy atom. The minimum atomic E-state index is -0.755. The number of rotatable bonds is 2. The third-order valence-corrected chi connectivity index (χ3v) is 3.18. The Morgan fingerprint density at radius 3 is 2.72 bits per heavy atom. The van der Waals surface area contributed by atoms with Gasteiger partial charge in [-0.3, -0.25) is 19.8 Å². The molecule has 96 valence electrons. The smallest absolute Gasteiger partial charge is 0.246 e. The molecule has 0 radical (unpaired) electrons. The van der Waals surface area contributed by atoms with Gasteiger partial charge >= 0.3 is 0 Å². The molecule has 2 heterocycles. The molecule has 1 aromatic rings. The van der Waals surface area contributed by atoms with Crippen LogP contribution < -0.4 is 5.32 Å². The zero-order valence-electron chi connectivity index (χ0n) is 10.1. The number of carbonyl (C=O) groups excluding carboxylic acids is 2. The minimum Gasteiger partial charge on any atom is -0.294 e. The molecular weight excluding hydrogens is 256 g/mol. The summed E-state index contributed by atoms with van der Waals surface area (Å²) in [5, 5.41) is 10.3. The van der Waals surface area contributed by atoms with Crippen molar-refractivity contribution < 1.29 is 9.59 Å². The Morgan fingerprint density at radius 2 is 2.11 bits per heavy atom. The highest BCUT2D eigenvalue weighted by Crippen LogP contribution is 2.20. The molecule has 0 saturated carbocycles. The molecule has 6 nitrogen and oxygen atoms in total. The first kappa shape index (κ1) is 12.9. The number of nitrogens with zero attached hydrogens (tertiary/aromatic N) is 3. The van der Waals surface area contributed by atoms with Crippen molar-refractivity contribution in [2.75, 3.05) is 6.54 Å². The molecule has 18 heavy (non-hydrogen) atoms. The van der Waals surface area contributed by atoms with Gasteiger partial charge in [-0.2, -0.15) is 5.10 Å². The highest BCUT2D eigenvalue weighted by Gasteiger charge is 2.40. The number of piperazine rings is 1. The second kappa shape index (κ2) is 4.62. The summed E-state index contributed by atoms with van der Waals surface area (Å²) in [7, 11) is 0. The summed E-state index contributed by atoms with van der Waals surface area (Å²) < 4.78 is 0. The van der Waals surface area contributed by atoms with Crippen LogP contribution in [0.4, 0.5) is 0 Å². The molecule has 1 aliphatic rings. The standard InChI is InChI=1S/C11H13ClN4O2/c1-11(2)10(18)13-9(17)6-16(11)5-7-3-4-8(12)15-14-7/h3-4H,5-6H2,1-2H3,(H,13,17,18). The van der Waals surface area contributed by atoms with E-state index in [1.165, 1.54) is 0 Å². The zero-order valence-corrected chi connectivity index (χ0v) is 10.9. The quantitative estimate of drug-likeness (QED) is 0.784. The van der Waals surface area contributed by atoms with Gasteiger partial charge in [0.1, 0.15) is 0 Å². The SMILES string of the molecule is CC1(C)C(=O)NC(=O)CN1Cc1ccc(Cl)nn1. The molecule has 0 bridgehead atoms. The molecule has 1 aliphatic heterocycles. The average molecular weight is 269 g/mol. The van der Waals surface area contributed by atoms with Crippen LogP contribution in [0.15, 0.2) is 12.1 Å². The Hall–Kier alpha value is -1.53. The first-order valence-corrected chi connectivity index (χ1v) is 5.85. The molecule has 2 amide bonds. The monoisotopic (exact) mass is 268 g/mol. The van der Waals surface area contributed by atoms with E-state index in [1.54, 1.807) is 30.9 Å². The van der Waals surface area contributed by atoms with Gasteiger partial charge in [0.15, 0.2) is 5.15 Å². The summed E-state index contributed by atoms with van der Waals surface area (Å²) in [5.74, 6) is -0.609. The number of nitrogens with one attached hydrogen (secondary N) is 1. The van der Waals surface area contributed by atoms with E-state index in [2.05, 4.69) is 15.5 Å². The molecule has 1 aromatic heterocycles. The molecule has 0 spiro atoms. The van der Waals surface area contributed by atoms with Gasteiger partial charge < -0.3 is 0 Å². The number of halogens is 1. The summed E-state index contributed by atoms with van der Waals surface area (Å²) in [6, 6.07) is 3.35. The highest BCUT2D eigenvalue weighted by molar-refractivity contribution is 6.29. The second-order valence-corrected chi connectivity index (χ2v) is 5.03. The van der Waals surface area contributed by atoms with Crippen LogP contribution in [0.25, 0.3) is 0 Å². The molecule has 1 fully saturated rings. The molecule has 0 aromatic carbocycles. The third kappa shape index (κ3) is 2.49. The van der Waals surface area contributed by atoms with Crippen LogP contribution in [-0.2, 0) is 16.1 Å². The van der Waals surface area contributed by atoms with Crippen molar-refractivity contribution in [3.63, 3.8) is 0 Å². The van der Waals surface area contributed by atoms with E-state index >= 15 is 0 Å². The Kier molecular flexibility index (Phi) is 3.32. The van der Waals surface area contributed by atoms with Gasteiger partial charge in [0.2, 0.25) is 11.8 Å². The van der Waals surface area contributed by atoms with Crippen molar-refractivity contribution >= 4 is 23.4 Å². The van der Waals surface area contributed by atoms with Crippen LogP contribution in [0.1, 0.15) is 19.5 Å². The lowest BCUT2D eigenvalue weighted by molar-refractivity contribution is -0.145. The Balaban J connectivity index is 2.18. The molecule has 2 rings (SSSR count). The van der Waals surface area contributed by atoms with Gasteiger partial charge in [0, 0.05) is 6.54 Å². The van der Waals surface area contributed by atoms with Crippen molar-refractivity contribution in [3.05, 3.63) is 23.0 Å². The summed E-state index contributed by atoms with van der Waals surface area (Å²) in [6.07, 6.45) is 0. The van der Waals surface area contributed by atoms with Gasteiger partial charge in [-0.05, 0) is 26.0 Å². The van der Waals surface area contributed by atoms with Gasteiger partial charge in [-0.15, -0.1) is 5.10 Å². The van der Waals surface area contributed by atoms with Crippen LogP contribution in [0.5, 0.6) is 0 Å². The van der Waals surface area contributed by atoms with Gasteiger partial charge in [-0.1, -0.05) is 11.6 Å². The fraction of sp³-hybridized carbons (Fsp3) is 0.455. The number of hydrogen-bond acceptors (Lipinski definition) is 5. The van der Waals surface area contributed by atoms with E-state index in [1.807, 2.05) is 0 Å². The van der Waals surface area contributed by atoms with Crippen molar-refractivity contribution in [1.82, 2.24) is 20.4 Å². The Bertz CT molecular complexity index is 486.